The Kier molecular flexibility index (Phi) is 5.55. The third kappa shape index (κ3) is 4.21. The summed E-state index contributed by atoms with van der Waals surface area (Å²) in [6.45, 7) is 0. The summed E-state index contributed by atoms with van der Waals surface area (Å²) < 4.78 is 0.978. The van der Waals surface area contributed by atoms with Crippen molar-refractivity contribution >= 4 is 67.6 Å². The maximum atomic E-state index is 11.1. The Morgan fingerprint density at radius 3 is 2.81 bits per heavy atom. The van der Waals surface area contributed by atoms with Crippen molar-refractivity contribution in [3.05, 3.63) is 68.2 Å². The maximum absolute atomic E-state index is 11.1. The van der Waals surface area contributed by atoms with E-state index in [1.54, 1.807) is 12.1 Å². The molecule has 0 saturated heterocycles. The van der Waals surface area contributed by atoms with E-state index in [9.17, 15) is 14.9 Å². The minimum atomic E-state index is -0.955. The first kappa shape index (κ1) is 18.4. The monoisotopic (exact) mass is 406 g/mol. The van der Waals surface area contributed by atoms with Gasteiger partial charge in [0, 0.05) is 11.0 Å². The van der Waals surface area contributed by atoms with Crippen LogP contribution in [0.15, 0.2) is 42.5 Å². The van der Waals surface area contributed by atoms with Crippen molar-refractivity contribution in [1.82, 2.24) is 4.98 Å². The van der Waals surface area contributed by atoms with Gasteiger partial charge in [-0.15, -0.1) is 23.1 Å². The lowest BCUT2D eigenvalue weighted by molar-refractivity contribution is -0.384. The summed E-state index contributed by atoms with van der Waals surface area (Å²) in [5, 5.41) is 20.8. The largest absolute Gasteiger partial charge is 0.481 e. The summed E-state index contributed by atoms with van der Waals surface area (Å²) in [5.74, 6) is -1.10. The number of nitro benzene ring substituents is 1. The lowest BCUT2D eigenvalue weighted by Gasteiger charge is -2.03. The molecule has 0 spiro atoms. The molecule has 0 unspecified atom stereocenters. The van der Waals surface area contributed by atoms with Crippen molar-refractivity contribution in [2.45, 2.75) is 0 Å². The molecule has 0 atom stereocenters. The lowest BCUT2D eigenvalue weighted by Crippen LogP contribution is -1.98. The normalized spacial score (nSPS) is 11.7. The van der Waals surface area contributed by atoms with Crippen LogP contribution in [-0.4, -0.2) is 26.7 Å². The number of hydrogen-bond acceptors (Lipinski definition) is 6. The predicted octanol–water partition coefficient (Wildman–Crippen LogP) is 5.17. The molecule has 9 heteroatoms. The third-order valence-corrected chi connectivity index (χ3v) is 5.85. The molecular formula is C17H11ClN2O4S2. The molecule has 6 nitrogen and oxygen atoms in total. The maximum Gasteiger partial charge on any atom is 0.313 e. The predicted molar refractivity (Wildman–Crippen MR) is 106 cm³/mol. The molecule has 0 aliphatic heterocycles. The molecule has 1 aromatic heterocycles. The van der Waals surface area contributed by atoms with Crippen LogP contribution in [0.2, 0.25) is 5.02 Å². The van der Waals surface area contributed by atoms with Crippen molar-refractivity contribution < 1.29 is 14.8 Å². The molecule has 0 aliphatic carbocycles. The molecule has 2 aromatic carbocycles. The van der Waals surface area contributed by atoms with Gasteiger partial charge in [0.05, 0.1) is 20.9 Å². The van der Waals surface area contributed by atoms with Gasteiger partial charge in [-0.25, -0.2) is 4.98 Å². The number of hydrogen-bond donors (Lipinski definition) is 1. The number of carbonyl (C=O) groups is 1. The molecule has 1 N–H and O–H groups in total. The molecular weight excluding hydrogens is 396 g/mol. The van der Waals surface area contributed by atoms with E-state index in [0.29, 0.717) is 15.5 Å². The minimum Gasteiger partial charge on any atom is -0.481 e. The summed E-state index contributed by atoms with van der Waals surface area (Å²) >= 11 is 8.40. The third-order valence-electron chi connectivity index (χ3n) is 3.32. The molecule has 132 valence electrons. The zero-order chi connectivity index (χ0) is 18.7. The number of thioether (sulfide) groups is 1. The number of rotatable bonds is 6. The quantitative estimate of drug-likeness (QED) is 0.448. The Balaban J connectivity index is 2.05. The first-order valence-corrected chi connectivity index (χ1v) is 9.48. The smallest absolute Gasteiger partial charge is 0.313 e. The van der Waals surface area contributed by atoms with Gasteiger partial charge in [0.15, 0.2) is 0 Å². The van der Waals surface area contributed by atoms with Crippen LogP contribution in [0.5, 0.6) is 0 Å². The zero-order valence-corrected chi connectivity index (χ0v) is 15.5. The molecule has 3 aromatic rings. The van der Waals surface area contributed by atoms with E-state index in [2.05, 4.69) is 4.98 Å². The van der Waals surface area contributed by atoms with Crippen molar-refractivity contribution in [2.75, 3.05) is 5.75 Å². The van der Waals surface area contributed by atoms with Gasteiger partial charge in [-0.3, -0.25) is 14.9 Å². The zero-order valence-electron chi connectivity index (χ0n) is 13.1. The molecule has 0 fully saturated rings. The van der Waals surface area contributed by atoms with Crippen molar-refractivity contribution in [1.29, 1.82) is 0 Å². The number of halogens is 1. The van der Waals surface area contributed by atoms with Crippen LogP contribution in [-0.2, 0) is 4.79 Å². The van der Waals surface area contributed by atoms with Crippen LogP contribution >= 0.6 is 34.7 Å². The van der Waals surface area contributed by atoms with Gasteiger partial charge in [0.25, 0.3) is 5.69 Å². The van der Waals surface area contributed by atoms with Crippen molar-refractivity contribution in [2.24, 2.45) is 0 Å². The Morgan fingerprint density at radius 1 is 1.35 bits per heavy atom. The van der Waals surface area contributed by atoms with Crippen LogP contribution in [0.1, 0.15) is 10.6 Å². The number of para-hydroxylation sites is 1. The van der Waals surface area contributed by atoms with E-state index < -0.39 is 10.9 Å². The van der Waals surface area contributed by atoms with E-state index in [1.807, 2.05) is 24.3 Å². The summed E-state index contributed by atoms with van der Waals surface area (Å²) in [5.41, 5.74) is 1.16. The summed E-state index contributed by atoms with van der Waals surface area (Å²) in [6.07, 6.45) is 1.69. The average molecular weight is 407 g/mol. The van der Waals surface area contributed by atoms with Gasteiger partial charge in [0.2, 0.25) is 0 Å². The number of benzene rings is 2. The molecule has 0 amide bonds. The number of fused-ring (bicyclic) bond motifs is 1. The van der Waals surface area contributed by atoms with E-state index in [1.165, 1.54) is 23.5 Å². The number of thiazole rings is 1. The second-order valence-corrected chi connectivity index (χ2v) is 7.60. The number of carboxylic acids is 1. The number of aromatic nitrogens is 1. The van der Waals surface area contributed by atoms with Crippen LogP contribution in [0, 0.1) is 10.1 Å². The first-order chi connectivity index (χ1) is 12.4. The highest BCUT2D eigenvalue weighted by atomic mass is 35.5. The number of aliphatic carboxylic acids is 1. The second-order valence-electron chi connectivity index (χ2n) is 5.15. The van der Waals surface area contributed by atoms with E-state index in [-0.39, 0.29) is 16.5 Å². The van der Waals surface area contributed by atoms with E-state index in [4.69, 9.17) is 16.7 Å². The fourth-order valence-corrected chi connectivity index (χ4v) is 4.23. The summed E-state index contributed by atoms with van der Waals surface area (Å²) in [6, 6.07) is 12.0. The SMILES string of the molecule is O=C(O)CS/C(=C\c1ccc(Cl)c([N+](=O)[O-])c1)c1nc2ccccc2s1. The van der Waals surface area contributed by atoms with Gasteiger partial charge in [-0.2, -0.15) is 0 Å². The molecule has 0 saturated carbocycles. The molecule has 1 heterocycles. The molecule has 0 bridgehead atoms. The highest BCUT2D eigenvalue weighted by Crippen LogP contribution is 2.36. The highest BCUT2D eigenvalue weighted by Gasteiger charge is 2.15. The summed E-state index contributed by atoms with van der Waals surface area (Å²) in [7, 11) is 0. The average Bonchev–Trinajstić information content (AvgIpc) is 3.03. The summed E-state index contributed by atoms with van der Waals surface area (Å²) in [4.78, 5) is 26.7. The van der Waals surface area contributed by atoms with Crippen LogP contribution in [0.4, 0.5) is 5.69 Å². The highest BCUT2D eigenvalue weighted by molar-refractivity contribution is 8.09. The van der Waals surface area contributed by atoms with Crippen LogP contribution in [0.25, 0.3) is 21.2 Å². The Bertz CT molecular complexity index is 1000. The molecule has 3 rings (SSSR count). The van der Waals surface area contributed by atoms with Crippen LogP contribution in [0.3, 0.4) is 0 Å². The Hall–Kier alpha value is -2.42. The Labute approximate surface area is 161 Å². The first-order valence-electron chi connectivity index (χ1n) is 7.30. The lowest BCUT2D eigenvalue weighted by atomic mass is 10.2. The number of carboxylic acid groups (broad SMARTS) is 1. The standard InChI is InChI=1S/C17H11ClN2O4S2/c18-11-6-5-10(7-13(11)20(23)24)8-15(25-9-16(21)22)17-19-12-3-1-2-4-14(12)26-17/h1-8H,9H2,(H,21,22)/b15-8-. The van der Waals surface area contributed by atoms with Gasteiger partial charge >= 0.3 is 5.97 Å². The van der Waals surface area contributed by atoms with Gasteiger partial charge < -0.3 is 5.11 Å². The number of nitrogens with zero attached hydrogens (tertiary/aromatic N) is 2. The second kappa shape index (κ2) is 7.86. The molecule has 0 aliphatic rings. The van der Waals surface area contributed by atoms with Crippen molar-refractivity contribution in [3.8, 4) is 0 Å². The van der Waals surface area contributed by atoms with Crippen molar-refractivity contribution in [3.63, 3.8) is 0 Å². The fraction of sp³-hybridized carbons (Fsp3) is 0.0588. The van der Waals surface area contributed by atoms with E-state index >= 15 is 0 Å². The van der Waals surface area contributed by atoms with E-state index in [0.717, 1.165) is 22.0 Å². The minimum absolute atomic E-state index is 0.0480. The number of nitro groups is 1. The topological polar surface area (TPSA) is 93.3 Å². The van der Waals surface area contributed by atoms with Gasteiger partial charge in [0.1, 0.15) is 10.0 Å². The van der Waals surface area contributed by atoms with Crippen LogP contribution < -0.4 is 0 Å². The Morgan fingerprint density at radius 2 is 2.12 bits per heavy atom. The van der Waals surface area contributed by atoms with Gasteiger partial charge in [-0.1, -0.05) is 29.8 Å². The molecule has 26 heavy (non-hydrogen) atoms. The van der Waals surface area contributed by atoms with Gasteiger partial charge in [-0.05, 0) is 29.8 Å². The molecule has 0 radical (unpaired) electrons. The fourth-order valence-electron chi connectivity index (χ4n) is 2.19.